The van der Waals surface area contributed by atoms with Gasteiger partial charge in [0.05, 0.1) is 18.7 Å². The molecule has 174 valence electrons. The molecule has 34 heavy (non-hydrogen) atoms. The second kappa shape index (κ2) is 8.91. The Labute approximate surface area is 197 Å². The molecule has 7 heteroatoms. The molecule has 2 aliphatic rings. The number of urea groups is 1. The summed E-state index contributed by atoms with van der Waals surface area (Å²) in [5.41, 5.74) is 4.82. The van der Waals surface area contributed by atoms with Crippen molar-refractivity contribution in [3.05, 3.63) is 89.7 Å². The summed E-state index contributed by atoms with van der Waals surface area (Å²) in [6, 6.07) is 21.1. The Morgan fingerprint density at radius 2 is 1.85 bits per heavy atom. The van der Waals surface area contributed by atoms with Crippen LogP contribution in [0.25, 0.3) is 11.1 Å². The Balaban J connectivity index is 1.35. The van der Waals surface area contributed by atoms with Gasteiger partial charge in [0.25, 0.3) is 0 Å². The molecule has 3 aromatic carbocycles. The molecule has 0 unspecified atom stereocenters. The maximum atomic E-state index is 13.5. The largest absolute Gasteiger partial charge is 0.394 e. The van der Waals surface area contributed by atoms with Gasteiger partial charge in [-0.15, -0.1) is 0 Å². The van der Waals surface area contributed by atoms with Gasteiger partial charge in [0.15, 0.2) is 0 Å². The van der Waals surface area contributed by atoms with E-state index in [2.05, 4.69) is 36.5 Å². The van der Waals surface area contributed by atoms with Gasteiger partial charge in [-0.05, 0) is 47.4 Å². The predicted molar refractivity (Wildman–Crippen MR) is 128 cm³/mol. The highest BCUT2D eigenvalue weighted by Gasteiger charge is 2.54. The Hall–Kier alpha value is -3.71. The summed E-state index contributed by atoms with van der Waals surface area (Å²) in [6.45, 7) is 2.20. The summed E-state index contributed by atoms with van der Waals surface area (Å²) in [6.07, 6.45) is 0. The van der Waals surface area contributed by atoms with Gasteiger partial charge < -0.3 is 20.2 Å². The highest BCUT2D eigenvalue weighted by molar-refractivity contribution is 5.93. The van der Waals surface area contributed by atoms with Crippen LogP contribution in [0.4, 0.5) is 14.9 Å². The van der Waals surface area contributed by atoms with Crippen molar-refractivity contribution in [2.45, 2.75) is 24.9 Å². The number of halogens is 1. The van der Waals surface area contributed by atoms with E-state index in [0.29, 0.717) is 12.2 Å². The first-order valence-corrected chi connectivity index (χ1v) is 11.4. The van der Waals surface area contributed by atoms with Crippen LogP contribution in [-0.4, -0.2) is 58.6 Å². The first-order chi connectivity index (χ1) is 16.5. The SMILES string of the molecule is Cc1ccccc1-c1ccc([C@H]2[C@@H](CO)N3C(=O)CN(C(=O)Nc4cccc(F)c4)C[C@@H]23)cc1. The molecule has 2 fully saturated rings. The fraction of sp³-hybridized carbons (Fsp3) is 0.259. The molecule has 3 aromatic rings. The van der Waals surface area contributed by atoms with Crippen LogP contribution in [0.15, 0.2) is 72.8 Å². The first kappa shape index (κ1) is 22.1. The van der Waals surface area contributed by atoms with Crippen LogP contribution in [0.5, 0.6) is 0 Å². The number of hydrogen-bond donors (Lipinski definition) is 2. The Morgan fingerprint density at radius 3 is 2.56 bits per heavy atom. The van der Waals surface area contributed by atoms with Gasteiger partial charge in [0.1, 0.15) is 12.4 Å². The first-order valence-electron chi connectivity index (χ1n) is 11.4. The molecule has 0 saturated carbocycles. The normalized spacial score (nSPS) is 21.6. The zero-order chi connectivity index (χ0) is 23.8. The van der Waals surface area contributed by atoms with Gasteiger partial charge in [-0.1, -0.05) is 54.6 Å². The third kappa shape index (κ3) is 3.92. The number of rotatable bonds is 4. The molecule has 0 aromatic heterocycles. The number of nitrogens with one attached hydrogen (secondary N) is 1. The average molecular weight is 460 g/mol. The van der Waals surface area contributed by atoms with E-state index in [4.69, 9.17) is 0 Å². The molecular formula is C27H26FN3O3. The average Bonchev–Trinajstić information content (AvgIpc) is 2.81. The fourth-order valence-electron chi connectivity index (χ4n) is 5.20. The van der Waals surface area contributed by atoms with Crippen molar-refractivity contribution in [1.29, 1.82) is 0 Å². The number of aliphatic hydroxyl groups excluding tert-OH is 1. The summed E-state index contributed by atoms with van der Waals surface area (Å²) in [5, 5.41) is 12.7. The molecule has 2 heterocycles. The van der Waals surface area contributed by atoms with E-state index < -0.39 is 11.8 Å². The number of aryl methyl sites for hydroxylation is 1. The van der Waals surface area contributed by atoms with Crippen LogP contribution >= 0.6 is 0 Å². The number of anilines is 1. The molecule has 2 N–H and O–H groups in total. The maximum absolute atomic E-state index is 13.5. The number of carbonyl (C=O) groups is 2. The number of fused-ring (bicyclic) bond motifs is 1. The number of amides is 3. The minimum absolute atomic E-state index is 0.0763. The van der Waals surface area contributed by atoms with Crippen molar-refractivity contribution < 1.29 is 19.1 Å². The van der Waals surface area contributed by atoms with Crippen LogP contribution in [0.1, 0.15) is 17.0 Å². The Morgan fingerprint density at radius 1 is 1.09 bits per heavy atom. The van der Waals surface area contributed by atoms with E-state index in [0.717, 1.165) is 16.7 Å². The molecule has 3 amide bonds. The molecule has 3 atom stereocenters. The van der Waals surface area contributed by atoms with Crippen molar-refractivity contribution in [3.63, 3.8) is 0 Å². The number of nitrogens with zero attached hydrogens (tertiary/aromatic N) is 2. The summed E-state index contributed by atoms with van der Waals surface area (Å²) in [4.78, 5) is 28.8. The van der Waals surface area contributed by atoms with Crippen molar-refractivity contribution in [3.8, 4) is 11.1 Å². The summed E-state index contributed by atoms with van der Waals surface area (Å²) < 4.78 is 13.5. The Bertz CT molecular complexity index is 1230. The van der Waals surface area contributed by atoms with Crippen molar-refractivity contribution in [1.82, 2.24) is 9.80 Å². The topological polar surface area (TPSA) is 72.9 Å². The van der Waals surface area contributed by atoms with E-state index in [-0.39, 0.29) is 37.1 Å². The smallest absolute Gasteiger partial charge is 0.322 e. The number of piperazine rings is 1. The molecule has 5 rings (SSSR count). The molecular weight excluding hydrogens is 433 g/mol. The van der Waals surface area contributed by atoms with E-state index in [9.17, 15) is 19.1 Å². The van der Waals surface area contributed by atoms with Gasteiger partial charge in [-0.3, -0.25) is 4.79 Å². The second-order valence-electron chi connectivity index (χ2n) is 8.90. The van der Waals surface area contributed by atoms with Gasteiger partial charge in [-0.25, -0.2) is 9.18 Å². The second-order valence-corrected chi connectivity index (χ2v) is 8.90. The van der Waals surface area contributed by atoms with E-state index >= 15 is 0 Å². The van der Waals surface area contributed by atoms with Crippen molar-refractivity contribution >= 4 is 17.6 Å². The standard InChI is InChI=1S/C27H26FN3O3/c1-17-5-2-3-8-22(17)18-9-11-19(12-10-18)26-23-14-30(15-25(33)31(23)24(26)16-32)27(34)29-21-7-4-6-20(28)13-21/h2-13,23-24,26,32H,14-16H2,1H3,(H,29,34)/t23-,24+,26+/m0/s1. The Kier molecular flexibility index (Phi) is 5.79. The third-order valence-electron chi connectivity index (χ3n) is 6.87. The quantitative estimate of drug-likeness (QED) is 0.619. The van der Waals surface area contributed by atoms with Crippen molar-refractivity contribution in [2.24, 2.45) is 0 Å². The molecule has 0 radical (unpaired) electrons. The molecule has 0 aliphatic carbocycles. The molecule has 0 spiro atoms. The van der Waals surface area contributed by atoms with E-state index in [1.54, 1.807) is 11.0 Å². The summed E-state index contributed by atoms with van der Waals surface area (Å²) in [7, 11) is 0. The highest BCUT2D eigenvalue weighted by Crippen LogP contribution is 2.43. The lowest BCUT2D eigenvalue weighted by atomic mass is 9.73. The van der Waals surface area contributed by atoms with Gasteiger partial charge in [-0.2, -0.15) is 0 Å². The lowest BCUT2D eigenvalue weighted by Crippen LogP contribution is -2.73. The van der Waals surface area contributed by atoms with Crippen molar-refractivity contribution in [2.75, 3.05) is 25.0 Å². The number of hydrogen-bond acceptors (Lipinski definition) is 3. The van der Waals surface area contributed by atoms with Crippen LogP contribution in [0.2, 0.25) is 0 Å². The summed E-state index contributed by atoms with van der Waals surface area (Å²) in [5.74, 6) is -0.722. The maximum Gasteiger partial charge on any atom is 0.322 e. The monoisotopic (exact) mass is 459 g/mol. The van der Waals surface area contributed by atoms with Crippen LogP contribution in [0, 0.1) is 12.7 Å². The number of benzene rings is 3. The number of aliphatic hydroxyl groups is 1. The minimum atomic E-state index is -0.447. The minimum Gasteiger partial charge on any atom is -0.394 e. The van der Waals surface area contributed by atoms with Gasteiger partial charge in [0, 0.05) is 18.2 Å². The lowest BCUT2D eigenvalue weighted by molar-refractivity contribution is -0.159. The van der Waals surface area contributed by atoms with Gasteiger partial charge >= 0.3 is 6.03 Å². The number of carbonyl (C=O) groups excluding carboxylic acids is 2. The van der Waals surface area contributed by atoms with Crippen LogP contribution in [-0.2, 0) is 4.79 Å². The predicted octanol–water partition coefficient (Wildman–Crippen LogP) is 4.00. The molecule has 6 nitrogen and oxygen atoms in total. The van der Waals surface area contributed by atoms with Crippen LogP contribution in [0.3, 0.4) is 0 Å². The molecule has 2 saturated heterocycles. The zero-order valence-electron chi connectivity index (χ0n) is 18.8. The third-order valence-corrected chi connectivity index (χ3v) is 6.87. The fourth-order valence-corrected chi connectivity index (χ4v) is 5.20. The van der Waals surface area contributed by atoms with Gasteiger partial charge in [0.2, 0.25) is 5.91 Å². The zero-order valence-corrected chi connectivity index (χ0v) is 18.8. The molecule has 2 aliphatic heterocycles. The van der Waals surface area contributed by atoms with E-state index in [1.807, 2.05) is 24.3 Å². The lowest BCUT2D eigenvalue weighted by Gasteiger charge is -2.58. The summed E-state index contributed by atoms with van der Waals surface area (Å²) >= 11 is 0. The highest BCUT2D eigenvalue weighted by atomic mass is 19.1. The molecule has 0 bridgehead atoms. The van der Waals surface area contributed by atoms with Crippen LogP contribution < -0.4 is 5.32 Å². The van der Waals surface area contributed by atoms with E-state index in [1.165, 1.54) is 28.7 Å².